The quantitative estimate of drug-likeness (QED) is 0.0652. The van der Waals surface area contributed by atoms with Crippen LogP contribution in [-0.2, 0) is 0 Å². The fourth-order valence-corrected chi connectivity index (χ4v) is 10.2. The molecule has 11 rings (SSSR count). The first-order valence-corrected chi connectivity index (χ1v) is 21.8. The van der Waals surface area contributed by atoms with Crippen molar-refractivity contribution in [1.29, 1.82) is 0 Å². The highest BCUT2D eigenvalue weighted by atomic mass is 16.5. The molecule has 0 amide bonds. The first kappa shape index (κ1) is 41.8. The molecule has 0 unspecified atom stereocenters. The van der Waals surface area contributed by atoms with Crippen molar-refractivity contribution in [3.63, 3.8) is 0 Å². The molecule has 3 aliphatic rings. The number of phenols is 9. The Morgan fingerprint density at radius 2 is 0.706 bits per heavy atom. The van der Waals surface area contributed by atoms with Gasteiger partial charge in [-0.15, -0.1) is 0 Å². The molecular formula is C56H42O12. The monoisotopic (exact) mass is 906 g/mol. The number of benzene rings is 8. The van der Waals surface area contributed by atoms with E-state index in [2.05, 4.69) is 0 Å². The van der Waals surface area contributed by atoms with Crippen LogP contribution in [0.5, 0.6) is 69.0 Å². The number of aromatic hydroxyl groups is 9. The Morgan fingerprint density at radius 3 is 1.21 bits per heavy atom. The summed E-state index contributed by atoms with van der Waals surface area (Å²) in [5, 5.41) is 96.0. The average molecular weight is 907 g/mol. The molecule has 0 bridgehead atoms. The lowest BCUT2D eigenvalue weighted by Crippen LogP contribution is -2.16. The van der Waals surface area contributed by atoms with Crippen LogP contribution in [0.15, 0.2) is 152 Å². The Hall–Kier alpha value is -8.90. The molecule has 9 N–H and O–H groups in total. The van der Waals surface area contributed by atoms with Crippen molar-refractivity contribution < 1.29 is 60.2 Å². The van der Waals surface area contributed by atoms with Gasteiger partial charge in [0.05, 0.1) is 17.8 Å². The summed E-state index contributed by atoms with van der Waals surface area (Å²) in [7, 11) is 0. The third-order valence-corrected chi connectivity index (χ3v) is 13.0. The predicted octanol–water partition coefficient (Wildman–Crippen LogP) is 11.0. The van der Waals surface area contributed by atoms with Crippen molar-refractivity contribution in [2.24, 2.45) is 0 Å². The van der Waals surface area contributed by atoms with E-state index in [0.29, 0.717) is 56.2 Å². The normalized spacial score (nSPS) is 20.0. The number of phenolic OH excluding ortho intramolecular Hbond substituents is 9. The predicted molar refractivity (Wildman–Crippen MR) is 251 cm³/mol. The Labute approximate surface area is 389 Å². The molecule has 12 heteroatoms. The summed E-state index contributed by atoms with van der Waals surface area (Å²) in [6.45, 7) is 0. The standard InChI is InChI=1S/C56H42O12/c57-35-10-4-29(5-11-35)54-50(33-19-38(60)23-39(61)20-33)49-32(18-42(64)26-47(49)67-54)3-1-28-2-16-46-44(17-28)52(56(66-46)31-8-14-37(59)15-9-31)45-25-43(65)27-48-53(45)51(34-21-40(62)24-41(63)22-34)55(68-48)30-6-12-36(58)13-7-30/h1-27,50-52,54-65H/b3-1-/t50-,51+,52-,54+,55-,56+/m1/s1. The molecule has 0 spiro atoms. The van der Waals surface area contributed by atoms with Crippen LogP contribution in [0.1, 0.15) is 97.3 Å². The fourth-order valence-electron chi connectivity index (χ4n) is 10.2. The molecule has 6 atom stereocenters. The summed E-state index contributed by atoms with van der Waals surface area (Å²) in [6, 6.07) is 40.7. The van der Waals surface area contributed by atoms with Gasteiger partial charge in [0, 0.05) is 41.0 Å². The summed E-state index contributed by atoms with van der Waals surface area (Å²) in [6.07, 6.45) is 1.69. The Morgan fingerprint density at radius 1 is 0.294 bits per heavy atom. The van der Waals surface area contributed by atoms with Crippen LogP contribution in [0.2, 0.25) is 0 Å². The Balaban J connectivity index is 1.05. The van der Waals surface area contributed by atoms with Gasteiger partial charge in [-0.25, -0.2) is 0 Å². The largest absolute Gasteiger partial charge is 0.508 e. The topological polar surface area (TPSA) is 210 Å². The molecule has 0 saturated heterocycles. The van der Waals surface area contributed by atoms with Crippen molar-refractivity contribution in [3.8, 4) is 69.0 Å². The van der Waals surface area contributed by atoms with E-state index in [0.717, 1.165) is 22.3 Å². The lowest BCUT2D eigenvalue weighted by molar-refractivity contribution is 0.220. The van der Waals surface area contributed by atoms with Gasteiger partial charge in [-0.3, -0.25) is 0 Å². The van der Waals surface area contributed by atoms with E-state index in [1.807, 2.05) is 30.4 Å². The minimum absolute atomic E-state index is 0.0494. The van der Waals surface area contributed by atoms with E-state index in [-0.39, 0.29) is 51.7 Å². The third-order valence-electron chi connectivity index (χ3n) is 13.0. The maximum Gasteiger partial charge on any atom is 0.135 e. The van der Waals surface area contributed by atoms with Gasteiger partial charge in [0.2, 0.25) is 0 Å². The Kier molecular flexibility index (Phi) is 9.96. The minimum Gasteiger partial charge on any atom is -0.508 e. The maximum atomic E-state index is 11.5. The van der Waals surface area contributed by atoms with Crippen LogP contribution in [-0.4, -0.2) is 46.0 Å². The molecule has 12 nitrogen and oxygen atoms in total. The highest BCUT2D eigenvalue weighted by molar-refractivity contribution is 5.76. The summed E-state index contributed by atoms with van der Waals surface area (Å²) in [4.78, 5) is 0. The van der Waals surface area contributed by atoms with E-state index in [1.54, 1.807) is 109 Å². The lowest BCUT2D eigenvalue weighted by atomic mass is 9.76. The van der Waals surface area contributed by atoms with Gasteiger partial charge in [0.25, 0.3) is 0 Å². The summed E-state index contributed by atoms with van der Waals surface area (Å²) >= 11 is 0. The second-order valence-electron chi connectivity index (χ2n) is 17.4. The van der Waals surface area contributed by atoms with Crippen LogP contribution >= 0.6 is 0 Å². The number of hydrogen-bond acceptors (Lipinski definition) is 12. The van der Waals surface area contributed by atoms with Gasteiger partial charge in [-0.1, -0.05) is 54.6 Å². The van der Waals surface area contributed by atoms with Crippen LogP contribution < -0.4 is 14.2 Å². The smallest absolute Gasteiger partial charge is 0.135 e. The Bertz CT molecular complexity index is 3250. The molecule has 0 fully saturated rings. The van der Waals surface area contributed by atoms with E-state index in [4.69, 9.17) is 14.2 Å². The van der Waals surface area contributed by atoms with Gasteiger partial charge in [-0.05, 0) is 129 Å². The third kappa shape index (κ3) is 7.47. The maximum absolute atomic E-state index is 11.5. The molecule has 0 aromatic heterocycles. The summed E-state index contributed by atoms with van der Waals surface area (Å²) in [5.74, 6) is -0.981. The lowest BCUT2D eigenvalue weighted by Gasteiger charge is -2.26. The minimum atomic E-state index is -0.718. The van der Waals surface area contributed by atoms with E-state index < -0.39 is 36.1 Å². The molecule has 338 valence electrons. The van der Waals surface area contributed by atoms with Crippen molar-refractivity contribution in [3.05, 3.63) is 213 Å². The van der Waals surface area contributed by atoms with Crippen LogP contribution in [0.3, 0.4) is 0 Å². The fraction of sp³-hybridized carbons (Fsp3) is 0.107. The molecule has 3 heterocycles. The number of hydrogen-bond donors (Lipinski definition) is 9. The second-order valence-corrected chi connectivity index (χ2v) is 17.4. The SMILES string of the molecule is Oc1ccc([C@H]2Oc3cc(O)cc([C@H]4c5cc(/C=C\c6cc(O)cc7c6[C@@H](c6cc(O)cc(O)c6)[C@H](c6ccc(O)cc6)O7)ccc5O[C@H]4c4ccc(O)cc4)c3[C@@H]2c2cc(O)cc(O)c2)cc1. The average Bonchev–Trinajstić information content (AvgIpc) is 4.00. The van der Waals surface area contributed by atoms with Gasteiger partial charge < -0.3 is 60.2 Å². The first-order chi connectivity index (χ1) is 32.8. The van der Waals surface area contributed by atoms with Gasteiger partial charge >= 0.3 is 0 Å². The van der Waals surface area contributed by atoms with Crippen molar-refractivity contribution in [2.45, 2.75) is 36.1 Å². The second kappa shape index (κ2) is 16.2. The van der Waals surface area contributed by atoms with E-state index >= 15 is 0 Å². The summed E-state index contributed by atoms with van der Waals surface area (Å²) in [5.41, 5.74) is 7.38. The molecule has 0 aliphatic carbocycles. The highest BCUT2D eigenvalue weighted by Crippen LogP contribution is 2.59. The van der Waals surface area contributed by atoms with Crippen molar-refractivity contribution in [2.75, 3.05) is 0 Å². The molecule has 0 radical (unpaired) electrons. The number of fused-ring (bicyclic) bond motifs is 3. The molecule has 3 aliphatic heterocycles. The van der Waals surface area contributed by atoms with Crippen molar-refractivity contribution in [1.82, 2.24) is 0 Å². The van der Waals surface area contributed by atoms with Gasteiger partial charge in [0.1, 0.15) is 87.3 Å². The van der Waals surface area contributed by atoms with Crippen LogP contribution in [0.25, 0.3) is 12.2 Å². The van der Waals surface area contributed by atoms with E-state index in [9.17, 15) is 46.0 Å². The van der Waals surface area contributed by atoms with Gasteiger partial charge in [0.15, 0.2) is 0 Å². The van der Waals surface area contributed by atoms with Crippen molar-refractivity contribution >= 4 is 12.2 Å². The zero-order valence-corrected chi connectivity index (χ0v) is 35.8. The molecule has 68 heavy (non-hydrogen) atoms. The van der Waals surface area contributed by atoms with E-state index in [1.165, 1.54) is 24.3 Å². The summed E-state index contributed by atoms with van der Waals surface area (Å²) < 4.78 is 20.0. The zero-order valence-electron chi connectivity index (χ0n) is 35.8. The molecule has 8 aromatic rings. The zero-order chi connectivity index (χ0) is 47.0. The molecule has 0 saturated carbocycles. The number of ether oxygens (including phenoxy) is 3. The van der Waals surface area contributed by atoms with Crippen LogP contribution in [0, 0.1) is 0 Å². The van der Waals surface area contributed by atoms with Gasteiger partial charge in [-0.2, -0.15) is 0 Å². The number of rotatable bonds is 8. The first-order valence-electron chi connectivity index (χ1n) is 21.8. The van der Waals surface area contributed by atoms with Crippen LogP contribution in [0.4, 0.5) is 0 Å². The molecule has 8 aromatic carbocycles. The highest BCUT2D eigenvalue weighted by Gasteiger charge is 2.46. The molecular weight excluding hydrogens is 865 g/mol.